The van der Waals surface area contributed by atoms with Gasteiger partial charge in [0.15, 0.2) is 5.78 Å². The Bertz CT molecular complexity index is 360. The van der Waals surface area contributed by atoms with Crippen molar-refractivity contribution >= 4 is 5.78 Å². The van der Waals surface area contributed by atoms with Crippen LogP contribution in [0.15, 0.2) is 24.3 Å². The van der Waals surface area contributed by atoms with E-state index in [-0.39, 0.29) is 0 Å². The normalized spacial score (nSPS) is 17.9. The van der Waals surface area contributed by atoms with Crippen LogP contribution >= 0.6 is 0 Å². The number of hydrogen-bond donors (Lipinski definition) is 0. The molecule has 0 saturated heterocycles. The van der Waals surface area contributed by atoms with Crippen LogP contribution in [0.1, 0.15) is 61.4 Å². The van der Waals surface area contributed by atoms with Gasteiger partial charge < -0.3 is 0 Å². The molecule has 1 unspecified atom stereocenters. The summed E-state index contributed by atoms with van der Waals surface area (Å²) in [6.07, 6.45) is 4.55. The lowest BCUT2D eigenvalue weighted by atomic mass is 9.80. The molecule has 1 nitrogen and oxygen atoms in total. The Morgan fingerprint density at radius 1 is 1.31 bits per heavy atom. The van der Waals surface area contributed by atoms with Crippen LogP contribution in [-0.2, 0) is 0 Å². The monoisotopic (exact) mass is 216 g/mol. The predicted molar refractivity (Wildman–Crippen MR) is 66.8 cm³/mol. The summed E-state index contributed by atoms with van der Waals surface area (Å²) < 4.78 is 0. The van der Waals surface area contributed by atoms with Gasteiger partial charge in [-0.2, -0.15) is 0 Å². The van der Waals surface area contributed by atoms with Gasteiger partial charge in [-0.3, -0.25) is 4.79 Å². The van der Waals surface area contributed by atoms with Crippen molar-refractivity contribution in [2.45, 2.75) is 45.4 Å². The van der Waals surface area contributed by atoms with Crippen molar-refractivity contribution in [3.05, 3.63) is 35.4 Å². The third-order valence-electron chi connectivity index (χ3n) is 3.85. The van der Waals surface area contributed by atoms with Crippen molar-refractivity contribution in [3.8, 4) is 0 Å². The zero-order valence-electron chi connectivity index (χ0n) is 10.2. The molecule has 16 heavy (non-hydrogen) atoms. The van der Waals surface area contributed by atoms with E-state index in [9.17, 15) is 4.79 Å². The Morgan fingerprint density at radius 2 is 1.94 bits per heavy atom. The van der Waals surface area contributed by atoms with Crippen molar-refractivity contribution in [1.29, 1.82) is 0 Å². The molecule has 0 aromatic heterocycles. The van der Waals surface area contributed by atoms with Gasteiger partial charge in [0.2, 0.25) is 0 Å². The highest BCUT2D eigenvalue weighted by atomic mass is 16.1. The van der Waals surface area contributed by atoms with E-state index in [4.69, 9.17) is 0 Å². The molecule has 1 saturated carbocycles. The second-order valence-electron chi connectivity index (χ2n) is 4.92. The number of rotatable bonds is 4. The standard InChI is InChI=1S/C15H20O/c1-3-11(2)12-7-9-14(10-8-12)15(16)13-5-4-6-13/h7-11,13H,3-6H2,1-2H3. The minimum absolute atomic E-state index is 0.314. The fourth-order valence-electron chi connectivity index (χ4n) is 2.12. The maximum Gasteiger partial charge on any atom is 0.165 e. The van der Waals surface area contributed by atoms with Crippen molar-refractivity contribution in [2.75, 3.05) is 0 Å². The van der Waals surface area contributed by atoms with Crippen molar-refractivity contribution in [2.24, 2.45) is 5.92 Å². The molecule has 0 spiro atoms. The smallest absolute Gasteiger partial charge is 0.165 e. The molecule has 1 fully saturated rings. The maximum absolute atomic E-state index is 12.0. The fourth-order valence-corrected chi connectivity index (χ4v) is 2.12. The van der Waals surface area contributed by atoms with Crippen molar-refractivity contribution in [1.82, 2.24) is 0 Å². The molecule has 0 radical (unpaired) electrons. The largest absolute Gasteiger partial charge is 0.294 e. The summed E-state index contributed by atoms with van der Waals surface area (Å²) in [5.74, 6) is 1.25. The zero-order valence-corrected chi connectivity index (χ0v) is 10.2. The molecule has 0 amide bonds. The summed E-state index contributed by atoms with van der Waals surface area (Å²) in [7, 11) is 0. The fraction of sp³-hybridized carbons (Fsp3) is 0.533. The van der Waals surface area contributed by atoms with Crippen LogP contribution in [0.3, 0.4) is 0 Å². The molecule has 0 bridgehead atoms. The summed E-state index contributed by atoms with van der Waals surface area (Å²) in [6.45, 7) is 4.42. The highest BCUT2D eigenvalue weighted by molar-refractivity contribution is 5.98. The minimum Gasteiger partial charge on any atom is -0.294 e. The summed E-state index contributed by atoms with van der Waals surface area (Å²) >= 11 is 0. The Balaban J connectivity index is 2.09. The SMILES string of the molecule is CCC(C)c1ccc(C(=O)C2CCC2)cc1. The average Bonchev–Trinajstić information content (AvgIpc) is 2.26. The van der Waals surface area contributed by atoms with Gasteiger partial charge >= 0.3 is 0 Å². The molecule has 2 rings (SSSR count). The van der Waals surface area contributed by atoms with Crippen LogP contribution in [-0.4, -0.2) is 5.78 Å². The molecule has 1 aliphatic carbocycles. The zero-order chi connectivity index (χ0) is 11.5. The van der Waals surface area contributed by atoms with Gasteiger partial charge in [-0.05, 0) is 30.7 Å². The first-order valence-electron chi connectivity index (χ1n) is 6.36. The van der Waals surface area contributed by atoms with Gasteiger partial charge in [-0.15, -0.1) is 0 Å². The molecule has 1 aromatic carbocycles. The topological polar surface area (TPSA) is 17.1 Å². The highest BCUT2D eigenvalue weighted by Gasteiger charge is 2.25. The highest BCUT2D eigenvalue weighted by Crippen LogP contribution is 2.30. The molecule has 0 N–H and O–H groups in total. The lowest BCUT2D eigenvalue weighted by molar-refractivity contribution is 0.0855. The number of hydrogen-bond acceptors (Lipinski definition) is 1. The van der Waals surface area contributed by atoms with Crippen LogP contribution < -0.4 is 0 Å². The molecule has 0 heterocycles. The van der Waals surface area contributed by atoms with Crippen LogP contribution in [0.4, 0.5) is 0 Å². The third-order valence-corrected chi connectivity index (χ3v) is 3.85. The van der Waals surface area contributed by atoms with E-state index in [1.165, 1.54) is 12.0 Å². The molecule has 1 aliphatic rings. The Morgan fingerprint density at radius 3 is 2.38 bits per heavy atom. The van der Waals surface area contributed by atoms with Gasteiger partial charge in [0.05, 0.1) is 0 Å². The quantitative estimate of drug-likeness (QED) is 0.690. The van der Waals surface area contributed by atoms with Crippen LogP contribution in [0.2, 0.25) is 0 Å². The molecule has 1 aromatic rings. The van der Waals surface area contributed by atoms with Crippen LogP contribution in [0, 0.1) is 5.92 Å². The van der Waals surface area contributed by atoms with E-state index in [1.54, 1.807) is 0 Å². The molecule has 1 heteroatoms. The second kappa shape index (κ2) is 4.82. The number of carbonyl (C=O) groups is 1. The molecular formula is C15H20O. The molecule has 1 atom stereocenters. The van der Waals surface area contributed by atoms with Crippen molar-refractivity contribution in [3.63, 3.8) is 0 Å². The Hall–Kier alpha value is -1.11. The average molecular weight is 216 g/mol. The number of carbonyl (C=O) groups excluding carboxylic acids is 1. The Kier molecular flexibility index (Phi) is 3.42. The number of Topliss-reactive ketones (excluding diaryl/α,β-unsaturated/α-hetero) is 1. The first kappa shape index (κ1) is 11.4. The van der Waals surface area contributed by atoms with Gasteiger partial charge in [0.25, 0.3) is 0 Å². The van der Waals surface area contributed by atoms with E-state index in [1.807, 2.05) is 12.1 Å². The van der Waals surface area contributed by atoms with Crippen LogP contribution in [0.5, 0.6) is 0 Å². The predicted octanol–water partition coefficient (Wildman–Crippen LogP) is 4.18. The first-order chi connectivity index (χ1) is 7.72. The van der Waals surface area contributed by atoms with Crippen molar-refractivity contribution < 1.29 is 4.79 Å². The molecular weight excluding hydrogens is 196 g/mol. The summed E-state index contributed by atoms with van der Waals surface area (Å²) in [5, 5.41) is 0. The number of benzene rings is 1. The van der Waals surface area contributed by atoms with Gasteiger partial charge in [0.1, 0.15) is 0 Å². The maximum atomic E-state index is 12.0. The van der Waals surface area contributed by atoms with Crippen LogP contribution in [0.25, 0.3) is 0 Å². The first-order valence-corrected chi connectivity index (χ1v) is 6.36. The Labute approximate surface area is 97.9 Å². The summed E-state index contributed by atoms with van der Waals surface area (Å²) in [5.41, 5.74) is 2.24. The number of ketones is 1. The van der Waals surface area contributed by atoms with E-state index in [2.05, 4.69) is 26.0 Å². The van der Waals surface area contributed by atoms with E-state index >= 15 is 0 Å². The second-order valence-corrected chi connectivity index (χ2v) is 4.92. The minimum atomic E-state index is 0.314. The lowest BCUT2D eigenvalue weighted by Crippen LogP contribution is -2.21. The van der Waals surface area contributed by atoms with E-state index in [0.717, 1.165) is 24.8 Å². The molecule has 0 aliphatic heterocycles. The van der Waals surface area contributed by atoms with Gasteiger partial charge in [-0.1, -0.05) is 44.5 Å². The lowest BCUT2D eigenvalue weighted by Gasteiger charge is -2.23. The van der Waals surface area contributed by atoms with Gasteiger partial charge in [0, 0.05) is 11.5 Å². The van der Waals surface area contributed by atoms with E-state index in [0.29, 0.717) is 17.6 Å². The summed E-state index contributed by atoms with van der Waals surface area (Å²) in [4.78, 5) is 12.0. The summed E-state index contributed by atoms with van der Waals surface area (Å²) in [6, 6.07) is 8.23. The third kappa shape index (κ3) is 2.18. The molecule has 86 valence electrons. The van der Waals surface area contributed by atoms with Gasteiger partial charge in [-0.25, -0.2) is 0 Å². The van der Waals surface area contributed by atoms with E-state index < -0.39 is 0 Å².